The van der Waals surface area contributed by atoms with Crippen LogP contribution < -0.4 is 10.6 Å². The second kappa shape index (κ2) is 7.91. The van der Waals surface area contributed by atoms with Crippen LogP contribution >= 0.6 is 11.3 Å². The summed E-state index contributed by atoms with van der Waals surface area (Å²) in [6.45, 7) is 1.94. The molecule has 0 fully saturated rings. The molecule has 0 saturated carbocycles. The van der Waals surface area contributed by atoms with Gasteiger partial charge in [0.05, 0.1) is 6.10 Å². The summed E-state index contributed by atoms with van der Waals surface area (Å²) in [7, 11) is 0. The molecule has 2 unspecified atom stereocenters. The third-order valence-corrected chi connectivity index (χ3v) is 3.95. The minimum Gasteiger partial charge on any atom is -0.387 e. The van der Waals surface area contributed by atoms with Crippen LogP contribution in [0.5, 0.6) is 0 Å². The lowest BCUT2D eigenvalue weighted by molar-refractivity contribution is 0.173. The summed E-state index contributed by atoms with van der Waals surface area (Å²) in [4.78, 5) is 11.8. The standard InChI is InChI=1S/C16H19FN2O2S/c1-11(8-12-4-2-3-5-14(12)17)19-16(21)18-9-15(20)13-6-7-22-10-13/h2-7,10-11,15,20H,8-9H2,1H3,(H2,18,19,21). The molecule has 0 aliphatic heterocycles. The number of carbonyl (C=O) groups is 1. The average molecular weight is 322 g/mol. The van der Waals surface area contributed by atoms with E-state index in [4.69, 9.17) is 0 Å². The molecule has 2 rings (SSSR count). The van der Waals surface area contributed by atoms with Crippen molar-refractivity contribution < 1.29 is 14.3 Å². The highest BCUT2D eigenvalue weighted by atomic mass is 32.1. The van der Waals surface area contributed by atoms with Crippen LogP contribution in [0.4, 0.5) is 9.18 Å². The van der Waals surface area contributed by atoms with E-state index in [0.29, 0.717) is 12.0 Å². The minimum absolute atomic E-state index is 0.134. The molecule has 1 aromatic carbocycles. The van der Waals surface area contributed by atoms with Crippen LogP contribution in [0.25, 0.3) is 0 Å². The maximum atomic E-state index is 13.5. The number of rotatable bonds is 6. The molecule has 22 heavy (non-hydrogen) atoms. The zero-order chi connectivity index (χ0) is 15.9. The number of thiophene rings is 1. The second-order valence-electron chi connectivity index (χ2n) is 5.12. The van der Waals surface area contributed by atoms with Crippen LogP contribution in [0, 0.1) is 5.82 Å². The van der Waals surface area contributed by atoms with Crippen LogP contribution in [-0.4, -0.2) is 23.7 Å². The summed E-state index contributed by atoms with van der Waals surface area (Å²) in [6.07, 6.45) is -0.313. The Kier molecular flexibility index (Phi) is 5.91. The van der Waals surface area contributed by atoms with Crippen molar-refractivity contribution in [1.29, 1.82) is 0 Å². The number of benzene rings is 1. The van der Waals surface area contributed by atoms with E-state index in [9.17, 15) is 14.3 Å². The number of amides is 2. The van der Waals surface area contributed by atoms with E-state index in [0.717, 1.165) is 5.56 Å². The number of hydrogen-bond acceptors (Lipinski definition) is 3. The van der Waals surface area contributed by atoms with Gasteiger partial charge in [-0.3, -0.25) is 0 Å². The number of carbonyl (C=O) groups excluding carboxylic acids is 1. The highest BCUT2D eigenvalue weighted by molar-refractivity contribution is 7.07. The first-order valence-electron chi connectivity index (χ1n) is 7.04. The predicted octanol–water partition coefficient (Wildman–Crippen LogP) is 2.85. The van der Waals surface area contributed by atoms with Crippen LogP contribution in [0.1, 0.15) is 24.2 Å². The van der Waals surface area contributed by atoms with Gasteiger partial charge in [-0.25, -0.2) is 9.18 Å². The molecule has 0 radical (unpaired) electrons. The van der Waals surface area contributed by atoms with Crippen molar-refractivity contribution in [3.05, 3.63) is 58.0 Å². The zero-order valence-electron chi connectivity index (χ0n) is 12.3. The van der Waals surface area contributed by atoms with E-state index >= 15 is 0 Å². The number of urea groups is 1. The van der Waals surface area contributed by atoms with Crippen LogP contribution in [-0.2, 0) is 6.42 Å². The van der Waals surface area contributed by atoms with Crippen molar-refractivity contribution in [2.24, 2.45) is 0 Å². The van der Waals surface area contributed by atoms with Gasteiger partial charge in [-0.1, -0.05) is 18.2 Å². The fourth-order valence-corrected chi connectivity index (χ4v) is 2.80. The Morgan fingerprint density at radius 3 is 2.82 bits per heavy atom. The van der Waals surface area contributed by atoms with Gasteiger partial charge in [0, 0.05) is 12.6 Å². The fourth-order valence-electron chi connectivity index (χ4n) is 2.09. The summed E-state index contributed by atoms with van der Waals surface area (Å²) in [5.74, 6) is -0.274. The van der Waals surface area contributed by atoms with Gasteiger partial charge in [0.1, 0.15) is 5.82 Å². The molecule has 4 nitrogen and oxygen atoms in total. The Morgan fingerprint density at radius 2 is 2.14 bits per heavy atom. The largest absolute Gasteiger partial charge is 0.387 e. The lowest BCUT2D eigenvalue weighted by Crippen LogP contribution is -2.43. The number of aliphatic hydroxyl groups excluding tert-OH is 1. The molecule has 2 aromatic rings. The average Bonchev–Trinajstić information content (AvgIpc) is 3.01. The Morgan fingerprint density at radius 1 is 1.36 bits per heavy atom. The van der Waals surface area contributed by atoms with Crippen LogP contribution in [0.15, 0.2) is 41.1 Å². The van der Waals surface area contributed by atoms with Crippen molar-refractivity contribution in [3.63, 3.8) is 0 Å². The number of nitrogens with one attached hydrogen (secondary N) is 2. The Labute approximate surface area is 133 Å². The van der Waals surface area contributed by atoms with Gasteiger partial charge in [0.25, 0.3) is 0 Å². The highest BCUT2D eigenvalue weighted by Crippen LogP contribution is 2.15. The van der Waals surface area contributed by atoms with Crippen LogP contribution in [0.2, 0.25) is 0 Å². The van der Waals surface area contributed by atoms with E-state index in [1.165, 1.54) is 17.4 Å². The Hall–Kier alpha value is -1.92. The molecular weight excluding hydrogens is 303 g/mol. The minimum atomic E-state index is -0.723. The van der Waals surface area contributed by atoms with Gasteiger partial charge in [-0.2, -0.15) is 11.3 Å². The van der Waals surface area contributed by atoms with Crippen molar-refractivity contribution >= 4 is 17.4 Å². The molecule has 0 aliphatic rings. The number of halogens is 1. The monoisotopic (exact) mass is 322 g/mol. The quantitative estimate of drug-likeness (QED) is 0.766. The van der Waals surface area contributed by atoms with Gasteiger partial charge in [-0.15, -0.1) is 0 Å². The number of hydrogen-bond donors (Lipinski definition) is 3. The molecule has 118 valence electrons. The smallest absolute Gasteiger partial charge is 0.315 e. The third kappa shape index (κ3) is 4.82. The van der Waals surface area contributed by atoms with E-state index in [-0.39, 0.29) is 24.4 Å². The van der Waals surface area contributed by atoms with Crippen molar-refractivity contribution in [3.8, 4) is 0 Å². The lowest BCUT2D eigenvalue weighted by atomic mass is 10.1. The molecule has 3 N–H and O–H groups in total. The van der Waals surface area contributed by atoms with Crippen molar-refractivity contribution in [1.82, 2.24) is 10.6 Å². The maximum Gasteiger partial charge on any atom is 0.315 e. The van der Waals surface area contributed by atoms with E-state index in [1.807, 2.05) is 16.8 Å². The molecule has 6 heteroatoms. The molecular formula is C16H19FN2O2S. The number of aliphatic hydroxyl groups is 1. The predicted molar refractivity (Wildman–Crippen MR) is 85.4 cm³/mol. The van der Waals surface area contributed by atoms with E-state index < -0.39 is 6.10 Å². The molecule has 0 saturated heterocycles. The summed E-state index contributed by atoms with van der Waals surface area (Å²) >= 11 is 1.49. The topological polar surface area (TPSA) is 61.4 Å². The summed E-state index contributed by atoms with van der Waals surface area (Å²) in [5.41, 5.74) is 1.35. The SMILES string of the molecule is CC(Cc1ccccc1F)NC(=O)NCC(O)c1ccsc1. The fraction of sp³-hybridized carbons (Fsp3) is 0.312. The molecule has 1 aromatic heterocycles. The summed E-state index contributed by atoms with van der Waals surface area (Å²) in [5, 5.41) is 18.9. The second-order valence-corrected chi connectivity index (χ2v) is 5.90. The molecule has 1 heterocycles. The maximum absolute atomic E-state index is 13.5. The van der Waals surface area contributed by atoms with Crippen molar-refractivity contribution in [2.75, 3.05) is 6.54 Å². The van der Waals surface area contributed by atoms with Gasteiger partial charge in [-0.05, 0) is 47.4 Å². The van der Waals surface area contributed by atoms with Gasteiger partial charge in [0.15, 0.2) is 0 Å². The molecule has 2 amide bonds. The summed E-state index contributed by atoms with van der Waals surface area (Å²) in [6, 6.07) is 7.73. The highest BCUT2D eigenvalue weighted by Gasteiger charge is 2.12. The third-order valence-electron chi connectivity index (χ3n) is 3.25. The van der Waals surface area contributed by atoms with Crippen LogP contribution in [0.3, 0.4) is 0 Å². The van der Waals surface area contributed by atoms with Gasteiger partial charge < -0.3 is 15.7 Å². The summed E-state index contributed by atoms with van der Waals surface area (Å²) < 4.78 is 13.5. The molecule has 0 spiro atoms. The first-order valence-corrected chi connectivity index (χ1v) is 7.98. The Bertz CT molecular complexity index is 604. The first kappa shape index (κ1) is 16.5. The molecule has 0 bridgehead atoms. The van der Waals surface area contributed by atoms with Crippen molar-refractivity contribution in [2.45, 2.75) is 25.5 Å². The van der Waals surface area contributed by atoms with E-state index in [1.54, 1.807) is 25.1 Å². The van der Waals surface area contributed by atoms with Gasteiger partial charge in [0.2, 0.25) is 0 Å². The zero-order valence-corrected chi connectivity index (χ0v) is 13.1. The first-order chi connectivity index (χ1) is 10.6. The lowest BCUT2D eigenvalue weighted by Gasteiger charge is -2.16. The molecule has 2 atom stereocenters. The van der Waals surface area contributed by atoms with Gasteiger partial charge >= 0.3 is 6.03 Å². The Balaban J connectivity index is 1.76. The normalized spacial score (nSPS) is 13.4. The molecule has 0 aliphatic carbocycles. The van der Waals surface area contributed by atoms with E-state index in [2.05, 4.69) is 10.6 Å².